The van der Waals surface area contributed by atoms with Gasteiger partial charge in [-0.25, -0.2) is 4.79 Å². The van der Waals surface area contributed by atoms with Crippen LogP contribution in [-0.2, 0) is 4.74 Å². The number of hydrogen-bond donors (Lipinski definition) is 1. The molecular formula is C20H40N6O2. The number of aliphatic imine (C=N–C) groups is 1. The number of amides is 1. The van der Waals surface area contributed by atoms with Crippen LogP contribution < -0.4 is 5.32 Å². The van der Waals surface area contributed by atoms with Crippen LogP contribution in [-0.4, -0.2) is 117 Å². The Bertz CT molecular complexity index is 485. The molecule has 0 aromatic carbocycles. The van der Waals surface area contributed by atoms with Crippen molar-refractivity contribution in [3.05, 3.63) is 0 Å². The van der Waals surface area contributed by atoms with E-state index >= 15 is 0 Å². The van der Waals surface area contributed by atoms with Gasteiger partial charge in [-0.3, -0.25) is 4.99 Å². The highest BCUT2D eigenvalue weighted by atomic mass is 16.6. The van der Waals surface area contributed by atoms with Crippen LogP contribution in [0, 0.1) is 5.92 Å². The molecule has 1 amide bonds. The summed E-state index contributed by atoms with van der Waals surface area (Å²) in [5.74, 6) is 1.50. The Morgan fingerprint density at radius 1 is 0.964 bits per heavy atom. The molecule has 0 bridgehead atoms. The molecule has 28 heavy (non-hydrogen) atoms. The van der Waals surface area contributed by atoms with E-state index in [4.69, 9.17) is 9.73 Å². The first kappa shape index (κ1) is 22.7. The van der Waals surface area contributed by atoms with E-state index < -0.39 is 0 Å². The maximum Gasteiger partial charge on any atom is 0.409 e. The summed E-state index contributed by atoms with van der Waals surface area (Å²) in [6.45, 7) is 20.5. The highest BCUT2D eigenvalue weighted by molar-refractivity contribution is 5.80. The quantitative estimate of drug-likeness (QED) is 0.512. The maximum absolute atomic E-state index is 11.9. The molecule has 162 valence electrons. The van der Waals surface area contributed by atoms with Gasteiger partial charge in [0.05, 0.1) is 6.61 Å². The first-order valence-electron chi connectivity index (χ1n) is 11.0. The van der Waals surface area contributed by atoms with Crippen LogP contribution in [0.3, 0.4) is 0 Å². The van der Waals surface area contributed by atoms with Gasteiger partial charge < -0.3 is 29.7 Å². The summed E-state index contributed by atoms with van der Waals surface area (Å²) in [5.41, 5.74) is 0. The molecule has 8 heteroatoms. The summed E-state index contributed by atoms with van der Waals surface area (Å²) in [6, 6.07) is 0. The van der Waals surface area contributed by atoms with Gasteiger partial charge in [0, 0.05) is 72.0 Å². The Kier molecular flexibility index (Phi) is 9.84. The molecule has 8 nitrogen and oxygen atoms in total. The van der Waals surface area contributed by atoms with E-state index in [0.717, 1.165) is 58.3 Å². The third-order valence-corrected chi connectivity index (χ3v) is 5.47. The number of guanidine groups is 1. The standard InChI is InChI=1S/C20H40N6O2/c1-5-21-19(25-12-14-26(15-13-25)20(27)28-7-3)22-16-18(4)17-24-10-8-23(6-2)9-11-24/h18H,5-17H2,1-4H3,(H,21,22). The molecule has 0 radical (unpaired) electrons. The van der Waals surface area contributed by atoms with Gasteiger partial charge in [-0.1, -0.05) is 13.8 Å². The number of ether oxygens (including phenoxy) is 1. The first-order chi connectivity index (χ1) is 13.6. The lowest BCUT2D eigenvalue weighted by Crippen LogP contribution is -2.54. The molecule has 2 rings (SSSR count). The number of nitrogens with one attached hydrogen (secondary N) is 1. The number of hydrogen-bond acceptors (Lipinski definition) is 5. The van der Waals surface area contributed by atoms with Gasteiger partial charge in [-0.05, 0) is 26.3 Å². The zero-order valence-electron chi connectivity index (χ0n) is 18.3. The fraction of sp³-hybridized carbons (Fsp3) is 0.900. The largest absolute Gasteiger partial charge is 0.450 e. The summed E-state index contributed by atoms with van der Waals surface area (Å²) in [4.78, 5) is 25.9. The van der Waals surface area contributed by atoms with E-state index in [2.05, 4.69) is 40.8 Å². The summed E-state index contributed by atoms with van der Waals surface area (Å²) in [7, 11) is 0. The van der Waals surface area contributed by atoms with Crippen LogP contribution in [0.1, 0.15) is 27.7 Å². The van der Waals surface area contributed by atoms with Crippen LogP contribution in [0.4, 0.5) is 4.79 Å². The molecule has 1 N–H and O–H groups in total. The summed E-state index contributed by atoms with van der Waals surface area (Å²) in [5, 5.41) is 3.41. The Morgan fingerprint density at radius 3 is 2.14 bits per heavy atom. The number of likely N-dealkylation sites (N-methyl/N-ethyl adjacent to an activating group) is 1. The molecule has 0 spiro atoms. The van der Waals surface area contributed by atoms with Gasteiger partial charge in [0.1, 0.15) is 0 Å². The van der Waals surface area contributed by atoms with E-state index in [-0.39, 0.29) is 6.09 Å². The molecule has 2 aliphatic heterocycles. The number of piperazine rings is 2. The van der Waals surface area contributed by atoms with Gasteiger partial charge in [0.15, 0.2) is 5.96 Å². The number of carbonyl (C=O) groups excluding carboxylic acids is 1. The third-order valence-electron chi connectivity index (χ3n) is 5.47. The second-order valence-electron chi connectivity index (χ2n) is 7.71. The lowest BCUT2D eigenvalue weighted by molar-refractivity contribution is 0.0914. The van der Waals surface area contributed by atoms with E-state index in [0.29, 0.717) is 25.6 Å². The molecule has 2 aliphatic rings. The average Bonchev–Trinajstić information content (AvgIpc) is 2.72. The van der Waals surface area contributed by atoms with Crippen molar-refractivity contribution in [3.8, 4) is 0 Å². The topological polar surface area (TPSA) is 63.7 Å². The predicted molar refractivity (Wildman–Crippen MR) is 114 cm³/mol. The molecule has 2 heterocycles. The van der Waals surface area contributed by atoms with E-state index in [9.17, 15) is 4.79 Å². The minimum absolute atomic E-state index is 0.208. The minimum atomic E-state index is -0.208. The van der Waals surface area contributed by atoms with Crippen molar-refractivity contribution >= 4 is 12.1 Å². The molecule has 0 aromatic heterocycles. The minimum Gasteiger partial charge on any atom is -0.450 e. The highest BCUT2D eigenvalue weighted by Gasteiger charge is 2.24. The third kappa shape index (κ3) is 7.13. The normalized spacial score (nSPS) is 20.9. The van der Waals surface area contributed by atoms with Crippen molar-refractivity contribution in [2.45, 2.75) is 27.7 Å². The van der Waals surface area contributed by atoms with Crippen molar-refractivity contribution in [3.63, 3.8) is 0 Å². The van der Waals surface area contributed by atoms with E-state index in [1.54, 1.807) is 4.90 Å². The average molecular weight is 397 g/mol. The Balaban J connectivity index is 1.79. The van der Waals surface area contributed by atoms with Gasteiger partial charge in [-0.15, -0.1) is 0 Å². The van der Waals surface area contributed by atoms with Gasteiger partial charge in [0.2, 0.25) is 0 Å². The number of rotatable bonds is 7. The molecule has 0 aliphatic carbocycles. The van der Waals surface area contributed by atoms with Crippen LogP contribution in [0.2, 0.25) is 0 Å². The Labute approximate surface area is 170 Å². The van der Waals surface area contributed by atoms with Crippen LogP contribution >= 0.6 is 0 Å². The van der Waals surface area contributed by atoms with Crippen LogP contribution in [0.15, 0.2) is 4.99 Å². The second kappa shape index (κ2) is 12.1. The van der Waals surface area contributed by atoms with Crippen LogP contribution in [0.5, 0.6) is 0 Å². The smallest absolute Gasteiger partial charge is 0.409 e. The molecule has 2 fully saturated rings. The van der Waals surface area contributed by atoms with Crippen molar-refractivity contribution < 1.29 is 9.53 Å². The lowest BCUT2D eigenvalue weighted by atomic mass is 10.1. The van der Waals surface area contributed by atoms with Gasteiger partial charge in [0.25, 0.3) is 0 Å². The summed E-state index contributed by atoms with van der Waals surface area (Å²) < 4.78 is 5.10. The SMILES string of the molecule is CCNC(=NCC(C)CN1CCN(CC)CC1)N1CCN(C(=O)OCC)CC1. The zero-order chi connectivity index (χ0) is 20.4. The summed E-state index contributed by atoms with van der Waals surface area (Å²) in [6.07, 6.45) is -0.208. The number of nitrogens with zero attached hydrogens (tertiary/aromatic N) is 5. The van der Waals surface area contributed by atoms with Crippen molar-refractivity contribution in [1.82, 2.24) is 24.9 Å². The van der Waals surface area contributed by atoms with Gasteiger partial charge >= 0.3 is 6.09 Å². The van der Waals surface area contributed by atoms with Crippen molar-refractivity contribution in [1.29, 1.82) is 0 Å². The fourth-order valence-corrected chi connectivity index (χ4v) is 3.77. The Hall–Kier alpha value is -1.54. The predicted octanol–water partition coefficient (Wildman–Crippen LogP) is 1.000. The molecule has 0 aromatic rings. The molecule has 0 saturated carbocycles. The number of carbonyl (C=O) groups is 1. The maximum atomic E-state index is 11.9. The first-order valence-corrected chi connectivity index (χ1v) is 11.0. The second-order valence-corrected chi connectivity index (χ2v) is 7.71. The van der Waals surface area contributed by atoms with E-state index in [1.165, 1.54) is 13.1 Å². The lowest BCUT2D eigenvalue weighted by Gasteiger charge is -2.36. The highest BCUT2D eigenvalue weighted by Crippen LogP contribution is 2.08. The van der Waals surface area contributed by atoms with Crippen LogP contribution in [0.25, 0.3) is 0 Å². The van der Waals surface area contributed by atoms with E-state index in [1.807, 2.05) is 6.92 Å². The van der Waals surface area contributed by atoms with Gasteiger partial charge in [-0.2, -0.15) is 0 Å². The fourth-order valence-electron chi connectivity index (χ4n) is 3.77. The van der Waals surface area contributed by atoms with Crippen molar-refractivity contribution in [2.75, 3.05) is 85.1 Å². The molecule has 2 saturated heterocycles. The molecule has 1 unspecified atom stereocenters. The summed E-state index contributed by atoms with van der Waals surface area (Å²) >= 11 is 0. The Morgan fingerprint density at radius 2 is 1.57 bits per heavy atom. The monoisotopic (exact) mass is 396 g/mol. The zero-order valence-corrected chi connectivity index (χ0v) is 18.3. The van der Waals surface area contributed by atoms with Crippen molar-refractivity contribution in [2.24, 2.45) is 10.9 Å². The molecular weight excluding hydrogens is 356 g/mol. The molecule has 1 atom stereocenters.